The summed E-state index contributed by atoms with van der Waals surface area (Å²) in [6, 6.07) is 19.0. The van der Waals surface area contributed by atoms with E-state index in [-0.39, 0.29) is 5.41 Å². The Morgan fingerprint density at radius 1 is 1.00 bits per heavy atom. The zero-order valence-corrected chi connectivity index (χ0v) is 12.4. The third-order valence-electron chi connectivity index (χ3n) is 4.57. The smallest absolute Gasteiger partial charge is 0.0717 e. The minimum atomic E-state index is -0.0103. The van der Waals surface area contributed by atoms with Crippen molar-refractivity contribution in [1.82, 2.24) is 0 Å². The monoisotopic (exact) mass is 281 g/mol. The van der Waals surface area contributed by atoms with Gasteiger partial charge in [-0.05, 0) is 36.0 Å². The molecule has 0 spiro atoms. The molecule has 21 heavy (non-hydrogen) atoms. The maximum absolute atomic E-state index is 6.15. The van der Waals surface area contributed by atoms with Crippen LogP contribution in [-0.2, 0) is 23.2 Å². The van der Waals surface area contributed by atoms with Gasteiger partial charge in [-0.15, -0.1) is 0 Å². The van der Waals surface area contributed by atoms with Crippen LogP contribution in [0.1, 0.15) is 29.5 Å². The lowest BCUT2D eigenvalue weighted by Crippen LogP contribution is -2.42. The molecule has 1 unspecified atom stereocenters. The molecule has 0 amide bonds. The molecule has 2 heteroatoms. The number of hydrogen-bond acceptors (Lipinski definition) is 2. The predicted octanol–water partition coefficient (Wildman–Crippen LogP) is 3.44. The molecule has 2 aromatic carbocycles. The highest BCUT2D eigenvalue weighted by Crippen LogP contribution is 2.37. The first-order valence-corrected chi connectivity index (χ1v) is 7.74. The van der Waals surface area contributed by atoms with Crippen LogP contribution in [0.25, 0.3) is 0 Å². The Morgan fingerprint density at radius 3 is 2.57 bits per heavy atom. The van der Waals surface area contributed by atoms with Gasteiger partial charge in [-0.25, -0.2) is 0 Å². The molecule has 2 nitrogen and oxygen atoms in total. The van der Waals surface area contributed by atoms with Crippen molar-refractivity contribution in [3.63, 3.8) is 0 Å². The van der Waals surface area contributed by atoms with Crippen LogP contribution in [0.4, 0.5) is 0 Å². The van der Waals surface area contributed by atoms with Crippen LogP contribution < -0.4 is 5.73 Å². The fourth-order valence-electron chi connectivity index (χ4n) is 3.37. The van der Waals surface area contributed by atoms with Crippen molar-refractivity contribution < 1.29 is 4.74 Å². The van der Waals surface area contributed by atoms with E-state index in [1.807, 2.05) is 18.2 Å². The van der Waals surface area contributed by atoms with Gasteiger partial charge in [0.15, 0.2) is 0 Å². The van der Waals surface area contributed by atoms with Gasteiger partial charge in [-0.2, -0.15) is 0 Å². The Kier molecular flexibility index (Phi) is 4.37. The summed E-state index contributed by atoms with van der Waals surface area (Å²) >= 11 is 0. The number of hydrogen-bond donors (Lipinski definition) is 1. The highest BCUT2D eigenvalue weighted by atomic mass is 16.5. The number of benzene rings is 2. The average Bonchev–Trinajstić information content (AvgIpc) is 2.56. The third-order valence-corrected chi connectivity index (χ3v) is 4.57. The number of nitrogens with two attached hydrogens (primary N) is 1. The average molecular weight is 281 g/mol. The SMILES string of the molecule is NCC1(COCc2ccccc2)CCCc2ccccc21. The minimum Gasteiger partial charge on any atom is -0.376 e. The van der Waals surface area contributed by atoms with Crippen molar-refractivity contribution in [3.8, 4) is 0 Å². The summed E-state index contributed by atoms with van der Waals surface area (Å²) in [6.07, 6.45) is 3.48. The second-order valence-corrected chi connectivity index (χ2v) is 5.97. The molecule has 0 saturated heterocycles. The van der Waals surface area contributed by atoms with E-state index in [9.17, 15) is 0 Å². The summed E-state index contributed by atoms with van der Waals surface area (Å²) in [7, 11) is 0. The van der Waals surface area contributed by atoms with Crippen LogP contribution >= 0.6 is 0 Å². The zero-order valence-electron chi connectivity index (χ0n) is 12.4. The van der Waals surface area contributed by atoms with E-state index in [2.05, 4.69) is 36.4 Å². The molecule has 110 valence electrons. The summed E-state index contributed by atoms with van der Waals surface area (Å²) in [4.78, 5) is 0. The van der Waals surface area contributed by atoms with E-state index in [1.54, 1.807) is 0 Å². The Hall–Kier alpha value is -1.64. The van der Waals surface area contributed by atoms with Gasteiger partial charge in [0.1, 0.15) is 0 Å². The van der Waals surface area contributed by atoms with E-state index in [0.717, 1.165) is 12.8 Å². The zero-order chi connectivity index (χ0) is 14.5. The van der Waals surface area contributed by atoms with Crippen molar-refractivity contribution in [2.24, 2.45) is 5.73 Å². The summed E-state index contributed by atoms with van der Waals surface area (Å²) < 4.78 is 6.03. The third kappa shape index (κ3) is 3.02. The van der Waals surface area contributed by atoms with Gasteiger partial charge in [-0.1, -0.05) is 54.6 Å². The fraction of sp³-hybridized carbons (Fsp3) is 0.368. The van der Waals surface area contributed by atoms with Crippen LogP contribution in [0.5, 0.6) is 0 Å². The van der Waals surface area contributed by atoms with E-state index in [1.165, 1.54) is 23.1 Å². The molecule has 2 aromatic rings. The summed E-state index contributed by atoms with van der Waals surface area (Å²) in [5, 5.41) is 0. The number of aryl methyl sites for hydroxylation is 1. The van der Waals surface area contributed by atoms with Crippen LogP contribution in [0.2, 0.25) is 0 Å². The van der Waals surface area contributed by atoms with Gasteiger partial charge < -0.3 is 10.5 Å². The molecule has 0 aromatic heterocycles. The van der Waals surface area contributed by atoms with Crippen molar-refractivity contribution in [2.45, 2.75) is 31.3 Å². The van der Waals surface area contributed by atoms with Crippen LogP contribution in [0, 0.1) is 0 Å². The first-order chi connectivity index (χ1) is 10.3. The van der Waals surface area contributed by atoms with Crippen LogP contribution in [0.15, 0.2) is 54.6 Å². The second kappa shape index (κ2) is 6.42. The lowest BCUT2D eigenvalue weighted by Gasteiger charge is -2.38. The molecule has 0 aliphatic heterocycles. The van der Waals surface area contributed by atoms with E-state index in [4.69, 9.17) is 10.5 Å². The molecular weight excluding hydrogens is 258 g/mol. The van der Waals surface area contributed by atoms with Crippen LogP contribution in [0.3, 0.4) is 0 Å². The first-order valence-electron chi connectivity index (χ1n) is 7.74. The summed E-state index contributed by atoms with van der Waals surface area (Å²) in [5.74, 6) is 0. The van der Waals surface area contributed by atoms with Crippen molar-refractivity contribution in [2.75, 3.05) is 13.2 Å². The Bertz CT molecular complexity index is 581. The molecule has 3 rings (SSSR count). The lowest BCUT2D eigenvalue weighted by atomic mass is 9.70. The van der Waals surface area contributed by atoms with Gasteiger partial charge in [0.05, 0.1) is 13.2 Å². The molecule has 0 bridgehead atoms. The van der Waals surface area contributed by atoms with Crippen molar-refractivity contribution in [3.05, 3.63) is 71.3 Å². The normalized spacial score (nSPS) is 21.0. The fourth-order valence-corrected chi connectivity index (χ4v) is 3.37. The first kappa shape index (κ1) is 14.3. The number of rotatable bonds is 5. The lowest BCUT2D eigenvalue weighted by molar-refractivity contribution is 0.0657. The maximum atomic E-state index is 6.15. The summed E-state index contributed by atoms with van der Waals surface area (Å²) in [6.45, 7) is 2.01. The number of ether oxygens (including phenoxy) is 1. The molecule has 0 heterocycles. The predicted molar refractivity (Wildman–Crippen MR) is 86.2 cm³/mol. The molecule has 1 aliphatic carbocycles. The molecule has 1 aliphatic rings. The highest BCUT2D eigenvalue weighted by Gasteiger charge is 2.35. The van der Waals surface area contributed by atoms with Crippen LogP contribution in [-0.4, -0.2) is 13.2 Å². The van der Waals surface area contributed by atoms with Gasteiger partial charge in [0.25, 0.3) is 0 Å². The van der Waals surface area contributed by atoms with Gasteiger partial charge >= 0.3 is 0 Å². The Morgan fingerprint density at radius 2 is 1.76 bits per heavy atom. The van der Waals surface area contributed by atoms with Gasteiger partial charge in [0.2, 0.25) is 0 Å². The topological polar surface area (TPSA) is 35.2 Å². The quantitative estimate of drug-likeness (QED) is 0.911. The molecule has 2 N–H and O–H groups in total. The molecule has 1 atom stereocenters. The Labute approximate surface area is 126 Å². The number of fused-ring (bicyclic) bond motifs is 1. The molecule has 0 radical (unpaired) electrons. The van der Waals surface area contributed by atoms with E-state index in [0.29, 0.717) is 19.8 Å². The summed E-state index contributed by atoms with van der Waals surface area (Å²) in [5.41, 5.74) is 10.2. The van der Waals surface area contributed by atoms with E-state index >= 15 is 0 Å². The van der Waals surface area contributed by atoms with Gasteiger partial charge in [0, 0.05) is 12.0 Å². The molecular formula is C19H23NO. The van der Waals surface area contributed by atoms with E-state index < -0.39 is 0 Å². The maximum Gasteiger partial charge on any atom is 0.0717 e. The van der Waals surface area contributed by atoms with Gasteiger partial charge in [-0.3, -0.25) is 0 Å². The largest absolute Gasteiger partial charge is 0.376 e. The Balaban J connectivity index is 1.73. The standard InChI is InChI=1S/C19H23NO/c20-14-19(15-21-13-16-7-2-1-3-8-16)12-6-10-17-9-4-5-11-18(17)19/h1-5,7-9,11H,6,10,12-15,20H2. The molecule has 0 saturated carbocycles. The highest BCUT2D eigenvalue weighted by molar-refractivity contribution is 5.37. The van der Waals surface area contributed by atoms with Crippen molar-refractivity contribution in [1.29, 1.82) is 0 Å². The van der Waals surface area contributed by atoms with Crippen molar-refractivity contribution >= 4 is 0 Å². The molecule has 0 fully saturated rings. The second-order valence-electron chi connectivity index (χ2n) is 5.97. The minimum absolute atomic E-state index is 0.0103.